The highest BCUT2D eigenvalue weighted by atomic mass is 35.5. The molecule has 2 aromatic carbocycles. The number of anilines is 1. The van der Waals surface area contributed by atoms with E-state index in [1.807, 2.05) is 31.2 Å². The predicted molar refractivity (Wildman–Crippen MR) is 134 cm³/mol. The lowest BCUT2D eigenvalue weighted by Gasteiger charge is -2.35. The van der Waals surface area contributed by atoms with E-state index in [2.05, 4.69) is 19.9 Å². The van der Waals surface area contributed by atoms with Gasteiger partial charge < -0.3 is 14.6 Å². The summed E-state index contributed by atoms with van der Waals surface area (Å²) in [4.78, 5) is 27.5. The number of carboxylic acid groups (broad SMARTS) is 1. The van der Waals surface area contributed by atoms with Crippen LogP contribution in [0.15, 0.2) is 59.3 Å². The molecular weight excluding hydrogens is 466 g/mol. The number of aryl methyl sites for hydroxylation is 1. The molecule has 1 amide bonds. The van der Waals surface area contributed by atoms with Crippen molar-refractivity contribution in [2.24, 2.45) is 5.92 Å². The topological polar surface area (TPSA) is 76.1 Å². The number of allylic oxidation sites excluding steroid dienone is 4. The quantitative estimate of drug-likeness (QED) is 0.580. The van der Waals surface area contributed by atoms with Crippen LogP contribution in [0.25, 0.3) is 0 Å². The molecule has 0 radical (unpaired) electrons. The normalized spacial score (nSPS) is 24.7. The zero-order chi connectivity index (χ0) is 25.1. The van der Waals surface area contributed by atoms with Crippen molar-refractivity contribution in [3.63, 3.8) is 0 Å². The van der Waals surface area contributed by atoms with Crippen molar-refractivity contribution < 1.29 is 24.2 Å². The standard InChI is InChI=1S/C28H28ClNO5/c1-27(2)12-11-16-13-17(5-10-23(16)35-27)28(3)21-14-18(29)6-9-22(21)30(26(28)33)19-7-8-20(25(31)32)24(15-19)34-4/h5-10,13,15,21H,11-12,14H2,1-4H3,(H,31,32)/t21?,28-/m0/s1. The van der Waals surface area contributed by atoms with Crippen LogP contribution in [-0.2, 0) is 16.6 Å². The number of hydrogen-bond acceptors (Lipinski definition) is 4. The van der Waals surface area contributed by atoms with E-state index < -0.39 is 11.4 Å². The second-order valence-electron chi connectivity index (χ2n) is 10.2. The Labute approximate surface area is 209 Å². The van der Waals surface area contributed by atoms with Gasteiger partial charge in [-0.15, -0.1) is 0 Å². The lowest BCUT2D eigenvalue weighted by molar-refractivity contribution is -0.122. The number of methoxy groups -OCH3 is 1. The van der Waals surface area contributed by atoms with E-state index in [9.17, 15) is 14.7 Å². The molecule has 0 saturated carbocycles. The van der Waals surface area contributed by atoms with Crippen molar-refractivity contribution in [2.75, 3.05) is 12.0 Å². The van der Waals surface area contributed by atoms with E-state index in [-0.39, 0.29) is 28.7 Å². The first-order valence-electron chi connectivity index (χ1n) is 11.7. The summed E-state index contributed by atoms with van der Waals surface area (Å²) in [6.07, 6.45) is 6.04. The Balaban J connectivity index is 1.62. The molecule has 1 aliphatic carbocycles. The fraction of sp³-hybridized carbons (Fsp3) is 0.357. The SMILES string of the molecule is COc1cc(N2C(=O)[C@@](C)(c3ccc4c(c3)CCC(C)(C)O4)C3CC(Cl)=CC=C32)ccc1C(=O)O. The molecule has 6 nitrogen and oxygen atoms in total. The number of nitrogens with zero attached hydrogens (tertiary/aromatic N) is 1. The fourth-order valence-electron chi connectivity index (χ4n) is 5.46. The largest absolute Gasteiger partial charge is 0.496 e. The van der Waals surface area contributed by atoms with Crippen LogP contribution in [0.2, 0.25) is 0 Å². The molecule has 2 heterocycles. The van der Waals surface area contributed by atoms with Gasteiger partial charge in [-0.25, -0.2) is 4.79 Å². The van der Waals surface area contributed by atoms with E-state index in [4.69, 9.17) is 21.1 Å². The Morgan fingerprint density at radius 1 is 1.17 bits per heavy atom. The predicted octanol–water partition coefficient (Wildman–Crippen LogP) is 5.83. The molecule has 2 aliphatic heterocycles. The van der Waals surface area contributed by atoms with Crippen molar-refractivity contribution in [1.29, 1.82) is 0 Å². The third kappa shape index (κ3) is 3.71. The van der Waals surface area contributed by atoms with Crippen molar-refractivity contribution in [1.82, 2.24) is 0 Å². The number of rotatable bonds is 4. The first-order valence-corrected chi connectivity index (χ1v) is 12.1. The first kappa shape index (κ1) is 23.5. The molecular formula is C28H28ClNO5. The van der Waals surface area contributed by atoms with Crippen LogP contribution in [0.5, 0.6) is 11.5 Å². The number of halogens is 1. The second-order valence-corrected chi connectivity index (χ2v) is 10.7. The third-order valence-corrected chi connectivity index (χ3v) is 7.79. The summed E-state index contributed by atoms with van der Waals surface area (Å²) in [7, 11) is 1.42. The molecule has 0 bridgehead atoms. The molecule has 0 spiro atoms. The van der Waals surface area contributed by atoms with Crippen LogP contribution in [0.1, 0.15) is 55.1 Å². The van der Waals surface area contributed by atoms with Gasteiger partial charge in [0.15, 0.2) is 0 Å². The minimum Gasteiger partial charge on any atom is -0.496 e. The third-order valence-electron chi connectivity index (χ3n) is 7.51. The Hall–Kier alpha value is -3.25. The highest BCUT2D eigenvalue weighted by molar-refractivity contribution is 6.30. The summed E-state index contributed by atoms with van der Waals surface area (Å²) in [6.45, 7) is 6.14. The summed E-state index contributed by atoms with van der Waals surface area (Å²) in [5.74, 6) is -0.282. The van der Waals surface area contributed by atoms with Gasteiger partial charge in [-0.1, -0.05) is 23.7 Å². The van der Waals surface area contributed by atoms with Gasteiger partial charge in [-0.05, 0) is 81.5 Å². The highest BCUT2D eigenvalue weighted by Gasteiger charge is 2.56. The smallest absolute Gasteiger partial charge is 0.339 e. The minimum atomic E-state index is -1.09. The lowest BCUT2D eigenvalue weighted by atomic mass is 9.70. The maximum absolute atomic E-state index is 14.2. The van der Waals surface area contributed by atoms with E-state index in [0.717, 1.165) is 35.4 Å². The zero-order valence-corrected chi connectivity index (χ0v) is 21.0. The number of benzene rings is 2. The summed E-state index contributed by atoms with van der Waals surface area (Å²) < 4.78 is 11.5. The van der Waals surface area contributed by atoms with Crippen LogP contribution in [0.3, 0.4) is 0 Å². The van der Waals surface area contributed by atoms with Crippen LogP contribution in [0.4, 0.5) is 5.69 Å². The molecule has 1 fully saturated rings. The van der Waals surface area contributed by atoms with Crippen LogP contribution in [-0.4, -0.2) is 29.7 Å². The van der Waals surface area contributed by atoms with Crippen molar-refractivity contribution >= 4 is 29.2 Å². The van der Waals surface area contributed by atoms with Crippen LogP contribution < -0.4 is 14.4 Å². The summed E-state index contributed by atoms with van der Waals surface area (Å²) in [6, 6.07) is 10.8. The molecule has 1 saturated heterocycles. The molecule has 0 aromatic heterocycles. The first-order chi connectivity index (χ1) is 16.5. The number of fused-ring (bicyclic) bond motifs is 2. The molecule has 2 atom stereocenters. The van der Waals surface area contributed by atoms with Crippen molar-refractivity contribution in [2.45, 2.75) is 51.0 Å². The van der Waals surface area contributed by atoms with Gasteiger partial charge >= 0.3 is 5.97 Å². The summed E-state index contributed by atoms with van der Waals surface area (Å²) >= 11 is 6.47. The average molecular weight is 494 g/mol. The molecule has 35 heavy (non-hydrogen) atoms. The van der Waals surface area contributed by atoms with Gasteiger partial charge in [0.25, 0.3) is 0 Å². The van der Waals surface area contributed by atoms with Gasteiger partial charge in [-0.2, -0.15) is 0 Å². The van der Waals surface area contributed by atoms with Gasteiger partial charge in [0, 0.05) is 22.7 Å². The van der Waals surface area contributed by atoms with Gasteiger partial charge in [0.05, 0.1) is 18.2 Å². The van der Waals surface area contributed by atoms with E-state index in [0.29, 0.717) is 17.1 Å². The molecule has 182 valence electrons. The second kappa shape index (κ2) is 8.16. The zero-order valence-electron chi connectivity index (χ0n) is 20.2. The Morgan fingerprint density at radius 3 is 2.66 bits per heavy atom. The fourth-order valence-corrected chi connectivity index (χ4v) is 5.67. The van der Waals surface area contributed by atoms with Crippen molar-refractivity contribution in [3.05, 3.63) is 76.0 Å². The molecule has 2 aromatic rings. The minimum absolute atomic E-state index is 0.0420. The molecule has 1 unspecified atom stereocenters. The monoisotopic (exact) mass is 493 g/mol. The Bertz CT molecular complexity index is 1310. The van der Waals surface area contributed by atoms with E-state index in [1.165, 1.54) is 13.2 Å². The average Bonchev–Trinajstić information content (AvgIpc) is 3.04. The molecule has 5 rings (SSSR count). The van der Waals surface area contributed by atoms with Gasteiger partial charge in [0.1, 0.15) is 22.7 Å². The van der Waals surface area contributed by atoms with Crippen LogP contribution in [0, 0.1) is 5.92 Å². The van der Waals surface area contributed by atoms with Gasteiger partial charge in [0.2, 0.25) is 5.91 Å². The highest BCUT2D eigenvalue weighted by Crippen LogP contribution is 2.53. The number of amides is 1. The van der Waals surface area contributed by atoms with E-state index >= 15 is 0 Å². The van der Waals surface area contributed by atoms with Gasteiger partial charge in [-0.3, -0.25) is 9.69 Å². The summed E-state index contributed by atoms with van der Waals surface area (Å²) in [5.41, 5.74) is 2.39. The number of carbonyl (C=O) groups is 2. The molecule has 3 aliphatic rings. The maximum Gasteiger partial charge on any atom is 0.339 e. The maximum atomic E-state index is 14.2. The van der Waals surface area contributed by atoms with Crippen molar-refractivity contribution in [3.8, 4) is 11.5 Å². The van der Waals surface area contributed by atoms with E-state index in [1.54, 1.807) is 17.0 Å². The van der Waals surface area contributed by atoms with Crippen LogP contribution >= 0.6 is 11.6 Å². The number of aromatic carboxylic acids is 1. The summed E-state index contributed by atoms with van der Waals surface area (Å²) in [5, 5.41) is 10.2. The molecule has 1 N–H and O–H groups in total. The Kier molecular flexibility index (Phi) is 5.48. The number of carbonyl (C=O) groups excluding carboxylic acids is 1. The number of hydrogen-bond donors (Lipinski definition) is 1. The number of ether oxygens (including phenoxy) is 2. The Morgan fingerprint density at radius 2 is 1.94 bits per heavy atom. The lowest BCUT2D eigenvalue weighted by Crippen LogP contribution is -2.39. The molecule has 7 heteroatoms. The number of carboxylic acids is 1.